The Kier molecular flexibility index (Phi) is 6.34. The Balaban J connectivity index is 1.47. The second-order valence-corrected chi connectivity index (χ2v) is 6.47. The van der Waals surface area contributed by atoms with Crippen LogP contribution in [0.4, 0.5) is 10.8 Å². The fourth-order valence-corrected chi connectivity index (χ4v) is 3.23. The predicted molar refractivity (Wildman–Crippen MR) is 99.3 cm³/mol. The number of nitrogens with one attached hydrogen (secondary N) is 2. The van der Waals surface area contributed by atoms with Gasteiger partial charge in [-0.1, -0.05) is 12.1 Å². The molecule has 2 N–H and O–H groups in total. The summed E-state index contributed by atoms with van der Waals surface area (Å²) in [4.78, 5) is 40.5. The highest BCUT2D eigenvalue weighted by atomic mass is 32.1. The monoisotopic (exact) mass is 407 g/mol. The first-order chi connectivity index (χ1) is 13.5. The van der Waals surface area contributed by atoms with Crippen LogP contribution in [0.5, 0.6) is 5.75 Å². The molecule has 0 atom stereocenters. The van der Waals surface area contributed by atoms with Gasteiger partial charge in [0.1, 0.15) is 5.69 Å². The maximum Gasteiger partial charge on any atom is 0.310 e. The van der Waals surface area contributed by atoms with Crippen molar-refractivity contribution in [2.45, 2.75) is 0 Å². The van der Waals surface area contributed by atoms with Crippen LogP contribution in [-0.2, 0) is 9.53 Å². The summed E-state index contributed by atoms with van der Waals surface area (Å²) in [7, 11) is 0. The summed E-state index contributed by atoms with van der Waals surface area (Å²) in [5.74, 6) is -1.28. The quantitative estimate of drug-likeness (QED) is 0.528. The molecule has 1 aromatic heterocycles. The molecule has 0 saturated carbocycles. The average molecular weight is 407 g/mol. The zero-order chi connectivity index (χ0) is 19.9. The molecule has 1 fully saturated rings. The molecule has 12 heteroatoms. The molecule has 3 rings (SSSR count). The fraction of sp³-hybridized carbons (Fsp3) is 0.312. The molecular weight excluding hydrogens is 390 g/mol. The number of nitro benzene ring substituents is 1. The number of benzene rings is 1. The molecule has 0 aliphatic carbocycles. The van der Waals surface area contributed by atoms with Crippen molar-refractivity contribution in [1.29, 1.82) is 0 Å². The van der Waals surface area contributed by atoms with Crippen LogP contribution in [0, 0.1) is 10.1 Å². The largest absolute Gasteiger partial charge is 0.477 e. The number of morpholine rings is 1. The highest BCUT2D eigenvalue weighted by molar-refractivity contribution is 7.13. The second kappa shape index (κ2) is 9.10. The van der Waals surface area contributed by atoms with Gasteiger partial charge < -0.3 is 14.4 Å². The van der Waals surface area contributed by atoms with E-state index in [4.69, 9.17) is 9.47 Å². The standard InChI is InChI=1S/C16H17N5O6S/c22-14(9-27-13-4-2-1-3-12(13)21(24)25)18-19-15(23)11-10-28-16(17-11)20-5-7-26-8-6-20/h1-4,10H,5-9H2,(H,18,22)(H,19,23). The molecule has 11 nitrogen and oxygen atoms in total. The molecule has 0 bridgehead atoms. The van der Waals surface area contributed by atoms with Gasteiger partial charge in [0.05, 0.1) is 18.1 Å². The molecule has 148 valence electrons. The van der Waals surface area contributed by atoms with Crippen LogP contribution in [-0.4, -0.2) is 54.6 Å². The topological polar surface area (TPSA) is 136 Å². The molecule has 2 amide bonds. The third-order valence-electron chi connectivity index (χ3n) is 3.74. The predicted octanol–water partition coefficient (Wildman–Crippen LogP) is 0.728. The summed E-state index contributed by atoms with van der Waals surface area (Å²) < 4.78 is 10.4. The molecule has 0 radical (unpaired) electrons. The van der Waals surface area contributed by atoms with E-state index in [2.05, 4.69) is 15.8 Å². The number of nitrogens with zero attached hydrogens (tertiary/aromatic N) is 3. The van der Waals surface area contributed by atoms with Crippen molar-refractivity contribution in [3.05, 3.63) is 45.5 Å². The summed E-state index contributed by atoms with van der Waals surface area (Å²) >= 11 is 1.33. The van der Waals surface area contributed by atoms with Crippen molar-refractivity contribution < 1.29 is 24.0 Å². The number of nitro groups is 1. The van der Waals surface area contributed by atoms with Gasteiger partial charge in [0.25, 0.3) is 11.8 Å². The fourth-order valence-electron chi connectivity index (χ4n) is 2.37. The number of ether oxygens (including phenoxy) is 2. The van der Waals surface area contributed by atoms with E-state index in [1.54, 1.807) is 11.4 Å². The van der Waals surface area contributed by atoms with E-state index in [0.717, 1.165) is 0 Å². The lowest BCUT2D eigenvalue weighted by Gasteiger charge is -2.25. The molecular formula is C16H17N5O6S. The van der Waals surface area contributed by atoms with Crippen LogP contribution >= 0.6 is 11.3 Å². The van der Waals surface area contributed by atoms with Crippen LogP contribution in [0.15, 0.2) is 29.6 Å². The molecule has 0 unspecified atom stereocenters. The van der Waals surface area contributed by atoms with Crippen LogP contribution in [0.2, 0.25) is 0 Å². The summed E-state index contributed by atoms with van der Waals surface area (Å²) in [6.07, 6.45) is 0. The van der Waals surface area contributed by atoms with Gasteiger partial charge in [0.15, 0.2) is 17.5 Å². The highest BCUT2D eigenvalue weighted by Gasteiger charge is 2.18. The van der Waals surface area contributed by atoms with Gasteiger partial charge in [-0.05, 0) is 6.07 Å². The zero-order valence-electron chi connectivity index (χ0n) is 14.6. The van der Waals surface area contributed by atoms with Crippen molar-refractivity contribution in [2.24, 2.45) is 0 Å². The van der Waals surface area contributed by atoms with Crippen molar-refractivity contribution >= 4 is 34.0 Å². The first-order valence-electron chi connectivity index (χ1n) is 8.28. The summed E-state index contributed by atoms with van der Waals surface area (Å²) in [6, 6.07) is 5.69. The van der Waals surface area contributed by atoms with E-state index in [-0.39, 0.29) is 17.1 Å². The molecule has 2 heterocycles. The van der Waals surface area contributed by atoms with Gasteiger partial charge in [0.2, 0.25) is 0 Å². The number of hydrazine groups is 1. The summed E-state index contributed by atoms with van der Waals surface area (Å²) in [5.41, 5.74) is 4.34. The third kappa shape index (κ3) is 4.92. The second-order valence-electron chi connectivity index (χ2n) is 5.63. The smallest absolute Gasteiger partial charge is 0.310 e. The third-order valence-corrected chi connectivity index (χ3v) is 4.64. The number of thiazole rings is 1. The van der Waals surface area contributed by atoms with Gasteiger partial charge in [-0.25, -0.2) is 4.98 Å². The Labute approximate surface area is 163 Å². The summed E-state index contributed by atoms with van der Waals surface area (Å²) in [5, 5.41) is 13.2. The maximum absolute atomic E-state index is 12.1. The van der Waals surface area contributed by atoms with Crippen molar-refractivity contribution in [2.75, 3.05) is 37.8 Å². The molecule has 28 heavy (non-hydrogen) atoms. The molecule has 1 aliphatic rings. The minimum Gasteiger partial charge on any atom is -0.477 e. The minimum absolute atomic E-state index is 0.0383. The van der Waals surface area contributed by atoms with E-state index >= 15 is 0 Å². The molecule has 1 saturated heterocycles. The number of para-hydroxylation sites is 2. The number of aromatic nitrogens is 1. The molecule has 1 aromatic carbocycles. The first kappa shape index (κ1) is 19.5. The SMILES string of the molecule is O=C(COc1ccccc1[N+](=O)[O-])NNC(=O)c1csc(N2CCOCC2)n1. The van der Waals surface area contributed by atoms with E-state index in [9.17, 15) is 19.7 Å². The van der Waals surface area contributed by atoms with Crippen molar-refractivity contribution in [3.8, 4) is 5.75 Å². The van der Waals surface area contributed by atoms with Crippen LogP contribution < -0.4 is 20.5 Å². The number of hydrogen-bond acceptors (Lipinski definition) is 9. The number of hydrogen-bond donors (Lipinski definition) is 2. The maximum atomic E-state index is 12.1. The Morgan fingerprint density at radius 2 is 2.04 bits per heavy atom. The van der Waals surface area contributed by atoms with Crippen molar-refractivity contribution in [3.63, 3.8) is 0 Å². The number of rotatable bonds is 6. The zero-order valence-corrected chi connectivity index (χ0v) is 15.4. The van der Waals surface area contributed by atoms with E-state index in [1.165, 1.54) is 29.5 Å². The Morgan fingerprint density at radius 3 is 2.79 bits per heavy atom. The van der Waals surface area contributed by atoms with Gasteiger partial charge in [-0.15, -0.1) is 11.3 Å². The number of amides is 2. The Morgan fingerprint density at radius 1 is 1.29 bits per heavy atom. The number of anilines is 1. The average Bonchev–Trinajstić information content (AvgIpc) is 3.21. The van der Waals surface area contributed by atoms with E-state index in [1.807, 2.05) is 4.90 Å². The first-order valence-corrected chi connectivity index (χ1v) is 9.16. The Bertz CT molecular complexity index is 867. The lowest BCUT2D eigenvalue weighted by atomic mass is 10.3. The van der Waals surface area contributed by atoms with Crippen LogP contribution in [0.3, 0.4) is 0 Å². The Hall–Kier alpha value is -3.25. The lowest BCUT2D eigenvalue weighted by molar-refractivity contribution is -0.385. The molecule has 1 aliphatic heterocycles. The van der Waals surface area contributed by atoms with E-state index < -0.39 is 23.3 Å². The van der Waals surface area contributed by atoms with Gasteiger partial charge in [-0.3, -0.25) is 30.6 Å². The number of carbonyl (C=O) groups is 2. The van der Waals surface area contributed by atoms with Gasteiger partial charge in [-0.2, -0.15) is 0 Å². The van der Waals surface area contributed by atoms with Crippen LogP contribution in [0.25, 0.3) is 0 Å². The van der Waals surface area contributed by atoms with Crippen LogP contribution in [0.1, 0.15) is 10.5 Å². The highest BCUT2D eigenvalue weighted by Crippen LogP contribution is 2.25. The van der Waals surface area contributed by atoms with Gasteiger partial charge >= 0.3 is 5.69 Å². The minimum atomic E-state index is -0.671. The van der Waals surface area contributed by atoms with Crippen molar-refractivity contribution in [1.82, 2.24) is 15.8 Å². The number of carbonyl (C=O) groups excluding carboxylic acids is 2. The summed E-state index contributed by atoms with van der Waals surface area (Å²) in [6.45, 7) is 2.12. The van der Waals surface area contributed by atoms with E-state index in [0.29, 0.717) is 31.4 Å². The molecule has 2 aromatic rings. The molecule has 0 spiro atoms. The lowest BCUT2D eigenvalue weighted by Crippen LogP contribution is -2.44. The normalized spacial score (nSPS) is 13.6. The van der Waals surface area contributed by atoms with Gasteiger partial charge in [0, 0.05) is 24.5 Å².